The van der Waals surface area contributed by atoms with E-state index in [4.69, 9.17) is 26.5 Å². The SMILES string of the molecule is CCCc1nc2cccc(NCc3ccc(C(=O)OC)cc3)c2c(=O)n1-c1ccccc1.N#Cc1c(N)ncnc1N. The van der Waals surface area contributed by atoms with Crippen LogP contribution in [0.3, 0.4) is 0 Å². The Morgan fingerprint density at radius 1 is 1.00 bits per heavy atom. The number of aromatic nitrogens is 4. The van der Waals surface area contributed by atoms with Gasteiger partial charge < -0.3 is 21.5 Å². The van der Waals surface area contributed by atoms with E-state index < -0.39 is 0 Å². The highest BCUT2D eigenvalue weighted by atomic mass is 16.5. The van der Waals surface area contributed by atoms with Crippen molar-refractivity contribution >= 4 is 34.2 Å². The number of aryl methyl sites for hydroxylation is 1. The summed E-state index contributed by atoms with van der Waals surface area (Å²) < 4.78 is 6.45. The number of nitrogens with two attached hydrogens (primary N) is 2. The minimum atomic E-state index is -0.367. The third-order valence-electron chi connectivity index (χ3n) is 6.33. The van der Waals surface area contributed by atoms with E-state index in [-0.39, 0.29) is 28.7 Å². The van der Waals surface area contributed by atoms with Crippen LogP contribution in [-0.2, 0) is 17.7 Å². The summed E-state index contributed by atoms with van der Waals surface area (Å²) in [7, 11) is 1.36. The van der Waals surface area contributed by atoms with Crippen LogP contribution in [0.5, 0.6) is 0 Å². The predicted octanol–water partition coefficient (Wildman–Crippen LogP) is 4.25. The molecule has 3 aromatic carbocycles. The highest BCUT2D eigenvalue weighted by Crippen LogP contribution is 2.22. The van der Waals surface area contributed by atoms with Gasteiger partial charge in [0, 0.05) is 18.7 Å². The molecule has 0 bridgehead atoms. The van der Waals surface area contributed by atoms with Crippen molar-refractivity contribution in [2.75, 3.05) is 23.9 Å². The molecule has 0 spiro atoms. The first-order valence-corrected chi connectivity index (χ1v) is 13.1. The van der Waals surface area contributed by atoms with Crippen LogP contribution in [0.4, 0.5) is 17.3 Å². The lowest BCUT2D eigenvalue weighted by atomic mass is 10.1. The molecule has 5 rings (SSSR count). The number of benzene rings is 3. The van der Waals surface area contributed by atoms with Crippen molar-refractivity contribution < 1.29 is 9.53 Å². The van der Waals surface area contributed by atoms with Gasteiger partial charge in [-0.1, -0.05) is 43.3 Å². The van der Waals surface area contributed by atoms with E-state index in [1.807, 2.05) is 60.7 Å². The smallest absolute Gasteiger partial charge is 0.337 e. The molecule has 212 valence electrons. The molecule has 11 heteroatoms. The van der Waals surface area contributed by atoms with Crippen molar-refractivity contribution in [2.24, 2.45) is 0 Å². The molecule has 2 aromatic heterocycles. The average Bonchev–Trinajstić information content (AvgIpc) is 3.01. The molecule has 42 heavy (non-hydrogen) atoms. The Bertz CT molecular complexity index is 1780. The van der Waals surface area contributed by atoms with E-state index >= 15 is 0 Å². The fourth-order valence-electron chi connectivity index (χ4n) is 4.26. The largest absolute Gasteiger partial charge is 0.465 e. The summed E-state index contributed by atoms with van der Waals surface area (Å²) in [5, 5.41) is 12.3. The lowest BCUT2D eigenvalue weighted by Gasteiger charge is -2.15. The van der Waals surface area contributed by atoms with Gasteiger partial charge in [-0.05, 0) is 48.4 Å². The standard InChI is InChI=1S/C26H25N3O3.C5H5N5/c1-3-8-23-28-22-12-7-11-21(24(22)25(30)29(23)20-9-5-4-6-10-20)27-17-18-13-15-19(16-14-18)26(31)32-2;6-1-3-4(7)9-2-10-5(3)8/h4-7,9-16,27H,3,8,17H2,1-2H3;2H,(H4,7,8,9,10). The Kier molecular flexibility index (Phi) is 9.42. The fraction of sp³-hybridized carbons (Fsp3) is 0.161. The summed E-state index contributed by atoms with van der Waals surface area (Å²) in [6, 6.07) is 24.3. The number of carbonyl (C=O) groups excluding carboxylic acids is 1. The average molecular weight is 563 g/mol. The molecule has 0 fully saturated rings. The highest BCUT2D eigenvalue weighted by molar-refractivity contribution is 5.91. The zero-order chi connectivity index (χ0) is 30.1. The second-order valence-corrected chi connectivity index (χ2v) is 9.13. The molecular weight excluding hydrogens is 532 g/mol. The minimum absolute atomic E-state index is 0.0891. The van der Waals surface area contributed by atoms with Crippen molar-refractivity contribution in [3.63, 3.8) is 0 Å². The van der Waals surface area contributed by atoms with E-state index in [0.29, 0.717) is 29.4 Å². The number of esters is 1. The number of para-hydroxylation sites is 1. The van der Waals surface area contributed by atoms with Crippen LogP contribution < -0.4 is 22.3 Å². The highest BCUT2D eigenvalue weighted by Gasteiger charge is 2.15. The number of rotatable bonds is 7. The lowest BCUT2D eigenvalue weighted by Crippen LogP contribution is -2.24. The molecule has 0 saturated heterocycles. The van der Waals surface area contributed by atoms with Gasteiger partial charge in [0.2, 0.25) is 0 Å². The van der Waals surface area contributed by atoms with Gasteiger partial charge in [-0.2, -0.15) is 5.26 Å². The molecule has 0 aliphatic rings. The molecule has 0 amide bonds. The maximum absolute atomic E-state index is 13.6. The van der Waals surface area contributed by atoms with Crippen molar-refractivity contribution in [1.29, 1.82) is 5.26 Å². The van der Waals surface area contributed by atoms with Crippen molar-refractivity contribution in [1.82, 2.24) is 19.5 Å². The molecule has 0 unspecified atom stereocenters. The van der Waals surface area contributed by atoms with Gasteiger partial charge in [-0.15, -0.1) is 0 Å². The van der Waals surface area contributed by atoms with E-state index in [1.54, 1.807) is 22.8 Å². The summed E-state index contributed by atoms with van der Waals surface area (Å²) in [5.74, 6) is 0.630. The summed E-state index contributed by atoms with van der Waals surface area (Å²) in [6.45, 7) is 2.58. The first-order chi connectivity index (χ1) is 20.4. The number of hydrogen-bond donors (Lipinski definition) is 3. The van der Waals surface area contributed by atoms with Gasteiger partial charge in [0.1, 0.15) is 35.4 Å². The number of nitrogens with one attached hydrogen (secondary N) is 1. The Labute approximate surface area is 242 Å². The van der Waals surface area contributed by atoms with Crippen molar-refractivity contribution in [3.05, 3.63) is 112 Å². The monoisotopic (exact) mass is 562 g/mol. The molecular formula is C31H30N8O3. The van der Waals surface area contributed by atoms with Crippen LogP contribution in [0.15, 0.2) is 83.9 Å². The van der Waals surface area contributed by atoms with Crippen LogP contribution in [0.25, 0.3) is 16.6 Å². The van der Waals surface area contributed by atoms with Crippen LogP contribution in [0.2, 0.25) is 0 Å². The summed E-state index contributed by atoms with van der Waals surface area (Å²) >= 11 is 0. The van der Waals surface area contributed by atoms with Gasteiger partial charge in [0.25, 0.3) is 5.56 Å². The zero-order valence-electron chi connectivity index (χ0n) is 23.2. The van der Waals surface area contributed by atoms with Crippen LogP contribution in [0, 0.1) is 11.3 Å². The summed E-state index contributed by atoms with van der Waals surface area (Å²) in [4.78, 5) is 37.2. The fourth-order valence-corrected chi connectivity index (χ4v) is 4.26. The number of ether oxygens (including phenoxy) is 1. The minimum Gasteiger partial charge on any atom is -0.465 e. The maximum Gasteiger partial charge on any atom is 0.337 e. The Balaban J connectivity index is 0.000000343. The number of nitrogens with zero attached hydrogens (tertiary/aromatic N) is 5. The molecule has 5 N–H and O–H groups in total. The predicted molar refractivity (Wildman–Crippen MR) is 162 cm³/mol. The molecule has 2 heterocycles. The van der Waals surface area contributed by atoms with Crippen molar-refractivity contribution in [3.8, 4) is 11.8 Å². The summed E-state index contributed by atoms with van der Waals surface area (Å²) in [6.07, 6.45) is 2.82. The normalized spacial score (nSPS) is 10.3. The molecule has 0 aliphatic heterocycles. The molecule has 5 aromatic rings. The third kappa shape index (κ3) is 6.51. The quantitative estimate of drug-likeness (QED) is 0.243. The topological polar surface area (TPSA) is 175 Å². The van der Waals surface area contributed by atoms with Crippen molar-refractivity contribution in [2.45, 2.75) is 26.3 Å². The molecule has 0 saturated carbocycles. The lowest BCUT2D eigenvalue weighted by molar-refractivity contribution is 0.0600. The van der Waals surface area contributed by atoms with E-state index in [9.17, 15) is 9.59 Å². The van der Waals surface area contributed by atoms with Crippen LogP contribution >= 0.6 is 0 Å². The number of nitriles is 1. The van der Waals surface area contributed by atoms with E-state index in [0.717, 1.165) is 29.2 Å². The second kappa shape index (κ2) is 13.5. The maximum atomic E-state index is 13.6. The zero-order valence-corrected chi connectivity index (χ0v) is 23.2. The molecule has 0 aliphatic carbocycles. The number of nitrogen functional groups attached to an aromatic ring is 2. The van der Waals surface area contributed by atoms with Crippen LogP contribution in [-0.4, -0.2) is 32.6 Å². The first-order valence-electron chi connectivity index (χ1n) is 13.1. The van der Waals surface area contributed by atoms with Gasteiger partial charge in [0.15, 0.2) is 0 Å². The number of methoxy groups -OCH3 is 1. The Morgan fingerprint density at radius 2 is 1.69 bits per heavy atom. The second-order valence-electron chi connectivity index (χ2n) is 9.13. The first kappa shape index (κ1) is 29.2. The Morgan fingerprint density at radius 3 is 2.29 bits per heavy atom. The Hall–Kier alpha value is -5.76. The van der Waals surface area contributed by atoms with Gasteiger partial charge in [-0.25, -0.2) is 19.7 Å². The van der Waals surface area contributed by atoms with Crippen LogP contribution in [0.1, 0.15) is 40.7 Å². The number of fused-ring (bicyclic) bond motifs is 1. The number of anilines is 3. The molecule has 11 nitrogen and oxygen atoms in total. The van der Waals surface area contributed by atoms with E-state index in [1.165, 1.54) is 13.4 Å². The number of carbonyl (C=O) groups is 1. The van der Waals surface area contributed by atoms with Gasteiger partial charge in [-0.3, -0.25) is 9.36 Å². The molecule has 0 atom stereocenters. The summed E-state index contributed by atoms with van der Waals surface area (Å²) in [5.41, 5.74) is 14.3. The van der Waals surface area contributed by atoms with Gasteiger partial charge >= 0.3 is 5.97 Å². The number of hydrogen-bond acceptors (Lipinski definition) is 10. The molecule has 0 radical (unpaired) electrons. The van der Waals surface area contributed by atoms with Gasteiger partial charge in [0.05, 0.1) is 29.3 Å². The third-order valence-corrected chi connectivity index (χ3v) is 6.33. The van der Waals surface area contributed by atoms with E-state index in [2.05, 4.69) is 22.2 Å².